The summed E-state index contributed by atoms with van der Waals surface area (Å²) in [4.78, 5) is 96.5. The summed E-state index contributed by atoms with van der Waals surface area (Å²) < 4.78 is 51.8. The van der Waals surface area contributed by atoms with Crippen LogP contribution in [-0.2, 0) is 44.4 Å². The van der Waals surface area contributed by atoms with Crippen molar-refractivity contribution in [1.82, 2.24) is 50.9 Å². The topological polar surface area (TPSA) is 229 Å². The zero-order valence-electron chi connectivity index (χ0n) is 41.4. The minimum atomic E-state index is -4.56. The quantitative estimate of drug-likeness (QED) is 0.0967. The molecule has 2 saturated carbocycles. The highest BCUT2D eigenvalue weighted by molar-refractivity contribution is 5.93. The highest BCUT2D eigenvalue weighted by atomic mass is 19.4. The number of pyridine rings is 1. The van der Waals surface area contributed by atoms with E-state index in [1.807, 2.05) is 11.0 Å². The van der Waals surface area contributed by atoms with Crippen LogP contribution in [0.25, 0.3) is 10.9 Å². The smallest absolute Gasteiger partial charge is 0.379 e. The van der Waals surface area contributed by atoms with E-state index in [2.05, 4.69) is 67.3 Å². The van der Waals surface area contributed by atoms with Gasteiger partial charge in [-0.25, -0.2) is 9.97 Å². The van der Waals surface area contributed by atoms with E-state index >= 15 is 0 Å². The van der Waals surface area contributed by atoms with Gasteiger partial charge in [-0.15, -0.1) is 0 Å². The SMILES string of the molecule is CC(C)N(C)[C@@H]1CC[C@H](N2CC[C@H](Nc3ncnc4ccc(C(F)(F)F)cc34)C2=O)[C@H](NC(=O)C2CCC(NC(=O)COCCNC(=O)CCOCCNC(=O)[C@H]3CC(=O)N(C)[C@@H]3c3cccnc3)CC2)C1. The molecule has 1 aromatic carbocycles. The molecule has 22 heteroatoms. The second-order valence-electron chi connectivity index (χ2n) is 19.6. The van der Waals surface area contributed by atoms with Crippen LogP contribution in [0, 0.1) is 11.8 Å². The Morgan fingerprint density at radius 1 is 0.889 bits per heavy atom. The molecule has 6 amide bonds. The number of hydrogen-bond donors (Lipinski definition) is 5. The Balaban J connectivity index is 0.784. The lowest BCUT2D eigenvalue weighted by molar-refractivity contribution is -0.137. The normalized spacial score (nSPS) is 24.7. The fourth-order valence-electron chi connectivity index (χ4n) is 10.5. The third-order valence-corrected chi connectivity index (χ3v) is 14.7. The number of carbonyl (C=O) groups excluding carboxylic acids is 6. The van der Waals surface area contributed by atoms with Gasteiger partial charge in [0, 0.05) is 81.3 Å². The van der Waals surface area contributed by atoms with Crippen LogP contribution in [-0.4, -0.2) is 162 Å². The fraction of sp³-hybridized carbons (Fsp3) is 0.620. The van der Waals surface area contributed by atoms with Gasteiger partial charge in [0.25, 0.3) is 0 Å². The van der Waals surface area contributed by atoms with Crippen molar-refractivity contribution in [2.24, 2.45) is 11.8 Å². The molecular weight excluding hydrogens is 940 g/mol. The van der Waals surface area contributed by atoms with Crippen LogP contribution in [0.1, 0.15) is 95.2 Å². The molecule has 2 aliphatic heterocycles. The number of anilines is 1. The maximum atomic E-state index is 14.1. The van der Waals surface area contributed by atoms with Crippen molar-refractivity contribution in [1.29, 1.82) is 0 Å². The van der Waals surface area contributed by atoms with Crippen molar-refractivity contribution >= 4 is 52.2 Å². The first-order chi connectivity index (χ1) is 34.5. The summed E-state index contributed by atoms with van der Waals surface area (Å²) in [6, 6.07) is 5.50. The van der Waals surface area contributed by atoms with Crippen molar-refractivity contribution < 1.29 is 51.4 Å². The molecule has 2 saturated heterocycles. The number of carbonyl (C=O) groups is 6. The molecule has 392 valence electrons. The Morgan fingerprint density at radius 3 is 2.39 bits per heavy atom. The Kier molecular flexibility index (Phi) is 18.4. The van der Waals surface area contributed by atoms with Crippen molar-refractivity contribution in [2.45, 2.75) is 127 Å². The molecular formula is C50H68F3N11O8. The summed E-state index contributed by atoms with van der Waals surface area (Å²) in [7, 11) is 3.75. The van der Waals surface area contributed by atoms with Crippen LogP contribution in [0.15, 0.2) is 49.1 Å². The second-order valence-corrected chi connectivity index (χ2v) is 19.6. The fourth-order valence-corrected chi connectivity index (χ4v) is 10.5. The Labute approximate surface area is 417 Å². The van der Waals surface area contributed by atoms with Crippen molar-refractivity contribution in [3.05, 3.63) is 60.2 Å². The first kappa shape index (κ1) is 53.8. The number of nitrogens with zero attached hydrogens (tertiary/aromatic N) is 6. The van der Waals surface area contributed by atoms with Gasteiger partial charge in [-0.3, -0.25) is 33.8 Å². The molecule has 0 bridgehead atoms. The summed E-state index contributed by atoms with van der Waals surface area (Å²) in [6.45, 7) is 5.35. The van der Waals surface area contributed by atoms with Crippen LogP contribution < -0.4 is 26.6 Å². The van der Waals surface area contributed by atoms with E-state index in [0.717, 1.165) is 24.1 Å². The molecule has 0 unspecified atom stereocenters. The first-order valence-corrected chi connectivity index (χ1v) is 25.0. The van der Waals surface area contributed by atoms with Crippen molar-refractivity contribution in [2.75, 3.05) is 65.5 Å². The standard InChI is InChI=1S/C50H68F3N11O8/c1-30(2)62(3)35-12-14-41(64-20-15-39(49(64)70)60-46-36-24-33(50(51,52)53)9-13-38(36)57-29-58-46)40(25-35)61-47(68)31-7-10-34(11-8-31)59-43(66)28-72-23-18-55-42(65)16-21-71-22-19-56-48(69)37-26-44(67)63(4)45(37)32-6-5-17-54-27-32/h5-6,9,13,17,24,27,29-31,34-35,37,39-41,45H,7-8,10-12,14-16,18-23,25-26,28H2,1-4H3,(H,55,65)(H,56,69)(H,59,66)(H,61,68)(H,57,58,60)/t31?,34?,35-,37+,39+,40-,41+,45-/m1/s1. The summed E-state index contributed by atoms with van der Waals surface area (Å²) in [6.07, 6.45) is 5.10. The van der Waals surface area contributed by atoms with E-state index in [0.29, 0.717) is 57.0 Å². The zero-order chi connectivity index (χ0) is 51.5. The molecule has 4 aliphatic rings. The molecule has 6 atom stereocenters. The van der Waals surface area contributed by atoms with Gasteiger partial charge in [0.15, 0.2) is 0 Å². The van der Waals surface area contributed by atoms with Gasteiger partial charge in [-0.2, -0.15) is 13.2 Å². The number of ether oxygens (including phenoxy) is 2. The van der Waals surface area contributed by atoms with E-state index in [-0.39, 0.29) is 135 Å². The van der Waals surface area contributed by atoms with Crippen LogP contribution in [0.4, 0.5) is 19.0 Å². The molecule has 0 spiro atoms. The molecule has 2 aromatic heterocycles. The predicted octanol–water partition coefficient (Wildman–Crippen LogP) is 3.35. The minimum Gasteiger partial charge on any atom is -0.379 e. The van der Waals surface area contributed by atoms with Gasteiger partial charge in [-0.1, -0.05) is 6.07 Å². The van der Waals surface area contributed by atoms with E-state index in [1.54, 1.807) is 30.4 Å². The Hall–Kier alpha value is -6.00. The number of alkyl halides is 3. The second kappa shape index (κ2) is 24.6. The summed E-state index contributed by atoms with van der Waals surface area (Å²) in [5, 5.41) is 15.2. The number of halogens is 3. The predicted molar refractivity (Wildman–Crippen MR) is 259 cm³/mol. The van der Waals surface area contributed by atoms with E-state index in [9.17, 15) is 41.9 Å². The molecule has 4 fully saturated rings. The van der Waals surface area contributed by atoms with Crippen LogP contribution in [0.3, 0.4) is 0 Å². The van der Waals surface area contributed by atoms with E-state index in [4.69, 9.17) is 9.47 Å². The lowest BCUT2D eigenvalue weighted by Gasteiger charge is -2.45. The summed E-state index contributed by atoms with van der Waals surface area (Å²) in [5.74, 6) is -1.85. The summed E-state index contributed by atoms with van der Waals surface area (Å²) >= 11 is 0. The average Bonchev–Trinajstić information content (AvgIpc) is 3.88. The van der Waals surface area contributed by atoms with Crippen LogP contribution in [0.2, 0.25) is 0 Å². The number of benzene rings is 1. The number of amides is 6. The number of rotatable bonds is 21. The number of likely N-dealkylation sites (tertiary alicyclic amines) is 2. The molecule has 2 aliphatic carbocycles. The third-order valence-electron chi connectivity index (χ3n) is 14.7. The zero-order valence-corrected chi connectivity index (χ0v) is 41.4. The number of fused-ring (bicyclic) bond motifs is 1. The minimum absolute atomic E-state index is 0.0828. The molecule has 19 nitrogen and oxygen atoms in total. The highest BCUT2D eigenvalue weighted by Gasteiger charge is 2.45. The maximum absolute atomic E-state index is 14.1. The van der Waals surface area contributed by atoms with Gasteiger partial charge in [-0.05, 0) is 102 Å². The van der Waals surface area contributed by atoms with Gasteiger partial charge < -0.3 is 50.8 Å². The molecule has 3 aromatic rings. The molecule has 72 heavy (non-hydrogen) atoms. The highest BCUT2D eigenvalue weighted by Crippen LogP contribution is 2.38. The largest absolute Gasteiger partial charge is 0.416 e. The van der Waals surface area contributed by atoms with Gasteiger partial charge in [0.1, 0.15) is 24.8 Å². The molecule has 7 rings (SSSR count). The first-order valence-electron chi connectivity index (χ1n) is 25.0. The number of aromatic nitrogens is 3. The van der Waals surface area contributed by atoms with Gasteiger partial charge in [0.05, 0.1) is 54.9 Å². The van der Waals surface area contributed by atoms with Gasteiger partial charge in [0.2, 0.25) is 35.4 Å². The molecule has 5 N–H and O–H groups in total. The summed E-state index contributed by atoms with van der Waals surface area (Å²) in [5.41, 5.74) is 0.279. The van der Waals surface area contributed by atoms with Crippen LogP contribution >= 0.6 is 0 Å². The number of hydrogen-bond acceptors (Lipinski definition) is 13. The van der Waals surface area contributed by atoms with Crippen LogP contribution in [0.5, 0.6) is 0 Å². The maximum Gasteiger partial charge on any atom is 0.416 e. The van der Waals surface area contributed by atoms with Gasteiger partial charge >= 0.3 is 6.18 Å². The lowest BCUT2D eigenvalue weighted by atomic mass is 9.82. The third kappa shape index (κ3) is 13.7. The molecule has 0 radical (unpaired) electrons. The Bertz CT molecular complexity index is 2370. The monoisotopic (exact) mass is 1010 g/mol. The van der Waals surface area contributed by atoms with Crippen molar-refractivity contribution in [3.8, 4) is 0 Å². The number of nitrogens with one attached hydrogen (secondary N) is 5. The molecule has 4 heterocycles. The average molecular weight is 1010 g/mol. The van der Waals surface area contributed by atoms with Crippen molar-refractivity contribution in [3.63, 3.8) is 0 Å². The lowest BCUT2D eigenvalue weighted by Crippen LogP contribution is -2.59. The Morgan fingerprint density at radius 2 is 1.65 bits per heavy atom. The van der Waals surface area contributed by atoms with E-state index in [1.165, 1.54) is 12.4 Å². The van der Waals surface area contributed by atoms with E-state index < -0.39 is 29.7 Å².